The number of hydrogen-bond donors (Lipinski definition) is 2. The van der Waals surface area contributed by atoms with Crippen LogP contribution in [-0.2, 0) is 9.84 Å². The van der Waals surface area contributed by atoms with Crippen LogP contribution in [0.3, 0.4) is 0 Å². The lowest BCUT2D eigenvalue weighted by molar-refractivity contribution is 0.409. The summed E-state index contributed by atoms with van der Waals surface area (Å²) in [5, 5.41) is 3.46. The number of nitrogens with zero attached hydrogens (tertiary/aromatic N) is 1. The van der Waals surface area contributed by atoms with Gasteiger partial charge in [-0.15, -0.1) is 0 Å². The van der Waals surface area contributed by atoms with Gasteiger partial charge in [-0.1, -0.05) is 0 Å². The molecule has 0 amide bonds. The summed E-state index contributed by atoms with van der Waals surface area (Å²) in [6, 6.07) is 3.91. The molecule has 2 atom stereocenters. The van der Waals surface area contributed by atoms with E-state index in [0.29, 0.717) is 6.04 Å². The van der Waals surface area contributed by atoms with Crippen molar-refractivity contribution in [3.63, 3.8) is 0 Å². The van der Waals surface area contributed by atoms with Crippen molar-refractivity contribution in [3.8, 4) is 0 Å². The minimum absolute atomic E-state index is 0.105. The molecule has 0 saturated heterocycles. The first-order valence-electron chi connectivity index (χ1n) is 6.13. The molecule has 1 aromatic heterocycles. The molecule has 1 aliphatic rings. The van der Waals surface area contributed by atoms with Crippen LogP contribution in [0.2, 0.25) is 0 Å². The number of aromatic nitrogens is 1. The van der Waals surface area contributed by atoms with Gasteiger partial charge in [-0.2, -0.15) is 0 Å². The van der Waals surface area contributed by atoms with Crippen molar-refractivity contribution in [1.29, 1.82) is 0 Å². The maximum Gasteiger partial charge on any atom is 0.192 e. The third-order valence-electron chi connectivity index (χ3n) is 3.20. The molecule has 0 spiro atoms. The molecule has 0 bridgehead atoms. The molecule has 18 heavy (non-hydrogen) atoms. The molecule has 3 N–H and O–H groups in total. The third kappa shape index (κ3) is 3.43. The van der Waals surface area contributed by atoms with Gasteiger partial charge >= 0.3 is 0 Å². The van der Waals surface area contributed by atoms with E-state index in [1.807, 2.05) is 0 Å². The number of sulfone groups is 1. The van der Waals surface area contributed by atoms with Crippen molar-refractivity contribution in [3.05, 3.63) is 18.3 Å². The number of pyridine rings is 1. The van der Waals surface area contributed by atoms with Crippen LogP contribution in [0.15, 0.2) is 23.4 Å². The van der Waals surface area contributed by atoms with Gasteiger partial charge in [0.05, 0.1) is 11.9 Å². The molecule has 1 heterocycles. The Balaban J connectivity index is 2.02. The van der Waals surface area contributed by atoms with Crippen LogP contribution in [0, 0.1) is 0 Å². The average Bonchev–Trinajstić information content (AvgIpc) is 2.28. The Hall–Kier alpha value is -1.14. The molecule has 0 aromatic carbocycles. The molecule has 100 valence electrons. The first-order chi connectivity index (χ1) is 8.45. The van der Waals surface area contributed by atoms with Gasteiger partial charge in [0.25, 0.3) is 0 Å². The van der Waals surface area contributed by atoms with Crippen molar-refractivity contribution in [2.24, 2.45) is 5.73 Å². The summed E-state index contributed by atoms with van der Waals surface area (Å²) < 4.78 is 22.6. The Kier molecular flexibility index (Phi) is 3.87. The van der Waals surface area contributed by atoms with E-state index in [2.05, 4.69) is 10.3 Å². The second-order valence-electron chi connectivity index (χ2n) is 4.93. The zero-order valence-electron chi connectivity index (χ0n) is 10.5. The Morgan fingerprint density at radius 2 is 2.17 bits per heavy atom. The largest absolute Gasteiger partial charge is 0.381 e. The molecule has 2 rings (SSSR count). The molecule has 5 nitrogen and oxygen atoms in total. The predicted octanol–water partition coefficient (Wildman–Crippen LogP) is 1.17. The summed E-state index contributed by atoms with van der Waals surface area (Å²) in [5.41, 5.74) is 6.77. The van der Waals surface area contributed by atoms with Crippen LogP contribution in [0.25, 0.3) is 0 Å². The van der Waals surface area contributed by atoms with E-state index in [4.69, 9.17) is 5.73 Å². The quantitative estimate of drug-likeness (QED) is 0.860. The summed E-state index contributed by atoms with van der Waals surface area (Å²) in [6.07, 6.45) is 6.99. The summed E-state index contributed by atoms with van der Waals surface area (Å²) in [7, 11) is -3.22. The van der Waals surface area contributed by atoms with Gasteiger partial charge in [-0.25, -0.2) is 13.4 Å². The number of anilines is 1. The van der Waals surface area contributed by atoms with Gasteiger partial charge in [0.2, 0.25) is 0 Å². The SMILES string of the molecule is CS(=O)(=O)c1ccc(NC2CCCC(N)C2)cn1. The summed E-state index contributed by atoms with van der Waals surface area (Å²) >= 11 is 0. The second-order valence-corrected chi connectivity index (χ2v) is 6.89. The van der Waals surface area contributed by atoms with Crippen LogP contribution >= 0.6 is 0 Å². The van der Waals surface area contributed by atoms with Crippen LogP contribution in [0.4, 0.5) is 5.69 Å². The highest BCUT2D eigenvalue weighted by molar-refractivity contribution is 7.90. The van der Waals surface area contributed by atoms with Crippen LogP contribution in [0.5, 0.6) is 0 Å². The fraction of sp³-hybridized carbons (Fsp3) is 0.583. The smallest absolute Gasteiger partial charge is 0.192 e. The van der Waals surface area contributed by atoms with Gasteiger partial charge in [0.1, 0.15) is 0 Å². The van der Waals surface area contributed by atoms with Gasteiger partial charge in [0.15, 0.2) is 14.9 Å². The second kappa shape index (κ2) is 5.24. The highest BCUT2D eigenvalue weighted by Crippen LogP contribution is 2.21. The number of nitrogens with two attached hydrogens (primary N) is 1. The molecular weight excluding hydrogens is 250 g/mol. The standard InChI is InChI=1S/C12H19N3O2S/c1-18(16,17)12-6-5-11(8-14-12)15-10-4-2-3-9(13)7-10/h5-6,8-10,15H,2-4,7,13H2,1H3. The van der Waals surface area contributed by atoms with E-state index in [9.17, 15) is 8.42 Å². The van der Waals surface area contributed by atoms with E-state index in [-0.39, 0.29) is 11.1 Å². The van der Waals surface area contributed by atoms with E-state index in [0.717, 1.165) is 37.6 Å². The van der Waals surface area contributed by atoms with Crippen LogP contribution in [0.1, 0.15) is 25.7 Å². The monoisotopic (exact) mass is 269 g/mol. The lowest BCUT2D eigenvalue weighted by Crippen LogP contribution is -2.34. The summed E-state index contributed by atoms with van der Waals surface area (Å²) in [6.45, 7) is 0. The molecule has 0 aliphatic heterocycles. The van der Waals surface area contributed by atoms with Crippen molar-refractivity contribution >= 4 is 15.5 Å². The fourth-order valence-corrected chi connectivity index (χ4v) is 2.84. The van der Waals surface area contributed by atoms with Gasteiger partial charge < -0.3 is 11.1 Å². The molecule has 1 saturated carbocycles. The average molecular weight is 269 g/mol. The number of nitrogens with one attached hydrogen (secondary N) is 1. The minimum Gasteiger partial charge on any atom is -0.381 e. The summed E-state index contributed by atoms with van der Waals surface area (Å²) in [4.78, 5) is 3.95. The Morgan fingerprint density at radius 1 is 1.39 bits per heavy atom. The van der Waals surface area contributed by atoms with Crippen molar-refractivity contribution in [2.45, 2.75) is 42.8 Å². The van der Waals surface area contributed by atoms with E-state index in [1.165, 1.54) is 6.07 Å². The van der Waals surface area contributed by atoms with Gasteiger partial charge in [0, 0.05) is 18.3 Å². The molecule has 1 fully saturated rings. The zero-order valence-corrected chi connectivity index (χ0v) is 11.3. The molecule has 0 radical (unpaired) electrons. The van der Waals surface area contributed by atoms with Gasteiger partial charge in [-0.05, 0) is 37.8 Å². The first-order valence-corrected chi connectivity index (χ1v) is 8.02. The van der Waals surface area contributed by atoms with Crippen molar-refractivity contribution < 1.29 is 8.42 Å². The Morgan fingerprint density at radius 3 is 2.72 bits per heavy atom. The molecule has 1 aliphatic carbocycles. The maximum absolute atomic E-state index is 11.3. The van der Waals surface area contributed by atoms with Crippen LogP contribution in [-0.4, -0.2) is 31.7 Å². The highest BCUT2D eigenvalue weighted by atomic mass is 32.2. The normalized spacial score (nSPS) is 24.8. The van der Waals surface area contributed by atoms with Crippen molar-refractivity contribution in [2.75, 3.05) is 11.6 Å². The zero-order chi connectivity index (χ0) is 13.2. The molecular formula is C12H19N3O2S. The number of rotatable bonds is 3. The third-order valence-corrected chi connectivity index (χ3v) is 4.20. The highest BCUT2D eigenvalue weighted by Gasteiger charge is 2.19. The lowest BCUT2D eigenvalue weighted by atomic mass is 9.91. The minimum atomic E-state index is -3.22. The first kappa shape index (κ1) is 13.3. The van der Waals surface area contributed by atoms with Crippen LogP contribution < -0.4 is 11.1 Å². The van der Waals surface area contributed by atoms with E-state index < -0.39 is 9.84 Å². The molecule has 2 unspecified atom stereocenters. The maximum atomic E-state index is 11.3. The van der Waals surface area contributed by atoms with Crippen molar-refractivity contribution in [1.82, 2.24) is 4.98 Å². The van der Waals surface area contributed by atoms with E-state index in [1.54, 1.807) is 12.3 Å². The fourth-order valence-electron chi connectivity index (χ4n) is 2.28. The molecule has 6 heteroatoms. The Labute approximate surface area is 108 Å². The summed E-state index contributed by atoms with van der Waals surface area (Å²) in [5.74, 6) is 0. The topological polar surface area (TPSA) is 85.1 Å². The Bertz CT molecular complexity index is 499. The predicted molar refractivity (Wildman–Crippen MR) is 71.2 cm³/mol. The van der Waals surface area contributed by atoms with E-state index >= 15 is 0 Å². The lowest BCUT2D eigenvalue weighted by Gasteiger charge is -2.28. The molecule has 1 aromatic rings. The number of hydrogen-bond acceptors (Lipinski definition) is 5. The van der Waals surface area contributed by atoms with Gasteiger partial charge in [-0.3, -0.25) is 0 Å².